The van der Waals surface area contributed by atoms with Gasteiger partial charge in [0.2, 0.25) is 5.91 Å². The van der Waals surface area contributed by atoms with Crippen molar-refractivity contribution in [3.8, 4) is 0 Å². The van der Waals surface area contributed by atoms with Crippen molar-refractivity contribution in [3.05, 3.63) is 30.0 Å². The molecular weight excluding hydrogens is 268 g/mol. The fourth-order valence-corrected chi connectivity index (χ4v) is 2.90. The average Bonchev–Trinajstić information content (AvgIpc) is 3.13. The number of amides is 2. The van der Waals surface area contributed by atoms with Crippen LogP contribution in [0.15, 0.2) is 24.3 Å². The summed E-state index contributed by atoms with van der Waals surface area (Å²) >= 11 is 0. The number of benzene rings is 1. The van der Waals surface area contributed by atoms with Gasteiger partial charge >= 0.3 is 0 Å². The van der Waals surface area contributed by atoms with Crippen molar-refractivity contribution in [1.29, 1.82) is 0 Å². The van der Waals surface area contributed by atoms with E-state index in [-0.39, 0.29) is 17.9 Å². The molecule has 1 aromatic carbocycles. The monoisotopic (exact) mass is 286 g/mol. The molecular formula is C15H18N4O2. The maximum atomic E-state index is 12.6. The third-order valence-electron chi connectivity index (χ3n) is 3.98. The number of likely N-dealkylation sites (tertiary alicyclic amines) is 1. The van der Waals surface area contributed by atoms with Crippen molar-refractivity contribution in [2.75, 3.05) is 19.3 Å². The lowest BCUT2D eigenvalue weighted by Crippen LogP contribution is -2.45. The van der Waals surface area contributed by atoms with E-state index < -0.39 is 0 Å². The molecule has 1 aromatic heterocycles. The van der Waals surface area contributed by atoms with Crippen LogP contribution in [0.3, 0.4) is 0 Å². The molecule has 1 aliphatic heterocycles. The molecule has 1 saturated heterocycles. The number of carbonyl (C=O) groups excluding carboxylic acids is 2. The summed E-state index contributed by atoms with van der Waals surface area (Å²) in [5.41, 5.74) is 7.74. The Balaban J connectivity index is 1.93. The number of anilines is 1. The summed E-state index contributed by atoms with van der Waals surface area (Å²) < 4.78 is 0. The third kappa shape index (κ3) is 2.22. The van der Waals surface area contributed by atoms with Crippen LogP contribution in [-0.2, 0) is 4.79 Å². The molecule has 21 heavy (non-hydrogen) atoms. The normalized spacial score (nSPS) is 18.1. The molecule has 4 N–H and O–H groups in total. The van der Waals surface area contributed by atoms with E-state index in [1.165, 1.54) is 0 Å². The number of para-hydroxylation sites is 1. The molecule has 0 saturated carbocycles. The molecule has 3 rings (SSSR count). The van der Waals surface area contributed by atoms with Gasteiger partial charge in [-0.1, -0.05) is 12.1 Å². The fraction of sp³-hybridized carbons (Fsp3) is 0.333. The van der Waals surface area contributed by atoms with Crippen molar-refractivity contribution >= 4 is 28.4 Å². The highest BCUT2D eigenvalue weighted by atomic mass is 16.2. The number of aromatic nitrogens is 1. The number of fused-ring (bicyclic) bond motifs is 1. The number of aromatic amines is 1. The van der Waals surface area contributed by atoms with Crippen LogP contribution in [0.5, 0.6) is 0 Å². The first-order chi connectivity index (χ1) is 10.1. The summed E-state index contributed by atoms with van der Waals surface area (Å²) in [5.74, 6) is -0.270. The highest BCUT2D eigenvalue weighted by Gasteiger charge is 2.34. The van der Waals surface area contributed by atoms with Crippen LogP contribution in [0.1, 0.15) is 23.3 Å². The summed E-state index contributed by atoms with van der Waals surface area (Å²) in [6, 6.07) is 6.94. The minimum atomic E-state index is -0.383. The summed E-state index contributed by atoms with van der Waals surface area (Å²) in [4.78, 5) is 29.2. The van der Waals surface area contributed by atoms with Gasteiger partial charge in [0.05, 0.1) is 11.2 Å². The van der Waals surface area contributed by atoms with E-state index in [1.807, 2.05) is 12.1 Å². The number of hydrogen-bond donors (Lipinski definition) is 3. The molecule has 1 atom stereocenters. The summed E-state index contributed by atoms with van der Waals surface area (Å²) in [6.07, 6.45) is 1.54. The number of rotatable bonds is 2. The average molecular weight is 286 g/mol. The molecule has 0 spiro atoms. The van der Waals surface area contributed by atoms with Gasteiger partial charge in [-0.2, -0.15) is 0 Å². The minimum Gasteiger partial charge on any atom is -0.397 e. The molecule has 110 valence electrons. The zero-order valence-electron chi connectivity index (χ0n) is 11.8. The summed E-state index contributed by atoms with van der Waals surface area (Å²) in [7, 11) is 1.59. The molecule has 6 heteroatoms. The lowest BCUT2D eigenvalue weighted by atomic mass is 10.2. The molecule has 2 heterocycles. The standard InChI is InChI=1S/C15H18N4O2/c1-17-14(20)12-6-3-7-19(12)15(21)11-8-9-4-2-5-10(16)13(9)18-11/h2,4-5,8,12,18H,3,6-7,16H2,1H3,(H,17,20). The molecule has 2 aromatic rings. The SMILES string of the molecule is CNC(=O)C1CCCN1C(=O)c1cc2cccc(N)c2[nH]1. The molecule has 1 aliphatic rings. The van der Waals surface area contributed by atoms with E-state index in [0.717, 1.165) is 17.3 Å². The Morgan fingerprint density at radius 2 is 2.24 bits per heavy atom. The van der Waals surface area contributed by atoms with Gasteiger partial charge in [0, 0.05) is 19.0 Å². The number of likely N-dealkylation sites (N-methyl/N-ethyl adjacent to an activating group) is 1. The second-order valence-corrected chi connectivity index (χ2v) is 5.27. The van der Waals surface area contributed by atoms with Crippen molar-refractivity contribution in [2.24, 2.45) is 0 Å². The maximum Gasteiger partial charge on any atom is 0.270 e. The van der Waals surface area contributed by atoms with Crippen LogP contribution in [0.2, 0.25) is 0 Å². The van der Waals surface area contributed by atoms with E-state index in [4.69, 9.17) is 5.73 Å². The number of nitrogens with two attached hydrogens (primary N) is 1. The predicted molar refractivity (Wildman–Crippen MR) is 80.8 cm³/mol. The van der Waals surface area contributed by atoms with E-state index in [1.54, 1.807) is 24.1 Å². The first-order valence-electron chi connectivity index (χ1n) is 7.01. The van der Waals surface area contributed by atoms with Crippen LogP contribution in [0.25, 0.3) is 10.9 Å². The number of hydrogen-bond acceptors (Lipinski definition) is 3. The van der Waals surface area contributed by atoms with Crippen molar-refractivity contribution in [1.82, 2.24) is 15.2 Å². The minimum absolute atomic E-state index is 0.114. The van der Waals surface area contributed by atoms with Gasteiger partial charge < -0.3 is 20.9 Å². The number of nitrogens with one attached hydrogen (secondary N) is 2. The topological polar surface area (TPSA) is 91.2 Å². The largest absolute Gasteiger partial charge is 0.397 e. The Labute approximate surface area is 122 Å². The van der Waals surface area contributed by atoms with Crippen molar-refractivity contribution in [2.45, 2.75) is 18.9 Å². The lowest BCUT2D eigenvalue weighted by Gasteiger charge is -2.22. The fourth-order valence-electron chi connectivity index (χ4n) is 2.90. The Kier molecular flexibility index (Phi) is 3.29. The van der Waals surface area contributed by atoms with Crippen LogP contribution in [0.4, 0.5) is 5.69 Å². The Morgan fingerprint density at radius 3 is 2.95 bits per heavy atom. The Hall–Kier alpha value is -2.50. The van der Waals surface area contributed by atoms with E-state index in [2.05, 4.69) is 10.3 Å². The van der Waals surface area contributed by atoms with Gasteiger partial charge in [-0.15, -0.1) is 0 Å². The number of H-pyrrole nitrogens is 1. The quantitative estimate of drug-likeness (QED) is 0.722. The molecule has 0 bridgehead atoms. The van der Waals surface area contributed by atoms with Gasteiger partial charge in [0.15, 0.2) is 0 Å². The van der Waals surface area contributed by atoms with Gasteiger partial charge in [0.25, 0.3) is 5.91 Å². The number of nitrogen functional groups attached to an aromatic ring is 1. The molecule has 1 fully saturated rings. The Bertz CT molecular complexity index is 707. The van der Waals surface area contributed by atoms with E-state index in [9.17, 15) is 9.59 Å². The zero-order valence-corrected chi connectivity index (χ0v) is 11.8. The molecule has 2 amide bonds. The molecule has 0 radical (unpaired) electrons. The number of nitrogens with zero attached hydrogens (tertiary/aromatic N) is 1. The lowest BCUT2D eigenvalue weighted by molar-refractivity contribution is -0.124. The first kappa shape index (κ1) is 13.5. The third-order valence-corrected chi connectivity index (χ3v) is 3.98. The second kappa shape index (κ2) is 5.12. The van der Waals surface area contributed by atoms with Crippen molar-refractivity contribution in [3.63, 3.8) is 0 Å². The summed E-state index contributed by atoms with van der Waals surface area (Å²) in [6.45, 7) is 0.599. The van der Waals surface area contributed by atoms with Gasteiger partial charge in [-0.05, 0) is 25.0 Å². The van der Waals surface area contributed by atoms with Gasteiger partial charge in [-0.25, -0.2) is 0 Å². The summed E-state index contributed by atoms with van der Waals surface area (Å²) in [5, 5.41) is 3.51. The highest BCUT2D eigenvalue weighted by Crippen LogP contribution is 2.24. The van der Waals surface area contributed by atoms with E-state index >= 15 is 0 Å². The maximum absolute atomic E-state index is 12.6. The van der Waals surface area contributed by atoms with Crippen LogP contribution in [0, 0.1) is 0 Å². The van der Waals surface area contributed by atoms with Crippen LogP contribution in [-0.4, -0.2) is 41.3 Å². The van der Waals surface area contributed by atoms with Gasteiger partial charge in [0.1, 0.15) is 11.7 Å². The number of carbonyl (C=O) groups is 2. The molecule has 0 aliphatic carbocycles. The second-order valence-electron chi connectivity index (χ2n) is 5.27. The van der Waals surface area contributed by atoms with Crippen LogP contribution < -0.4 is 11.1 Å². The van der Waals surface area contributed by atoms with E-state index in [0.29, 0.717) is 24.3 Å². The predicted octanol–water partition coefficient (Wildman–Crippen LogP) is 1.10. The Morgan fingerprint density at radius 1 is 1.43 bits per heavy atom. The zero-order chi connectivity index (χ0) is 15.0. The highest BCUT2D eigenvalue weighted by molar-refractivity contribution is 6.02. The molecule has 1 unspecified atom stereocenters. The van der Waals surface area contributed by atoms with Crippen LogP contribution >= 0.6 is 0 Å². The molecule has 6 nitrogen and oxygen atoms in total. The first-order valence-corrected chi connectivity index (χ1v) is 7.01. The van der Waals surface area contributed by atoms with Gasteiger partial charge in [-0.3, -0.25) is 9.59 Å². The van der Waals surface area contributed by atoms with Crippen molar-refractivity contribution < 1.29 is 9.59 Å². The smallest absolute Gasteiger partial charge is 0.270 e.